The van der Waals surface area contributed by atoms with Crippen LogP contribution in [0.15, 0.2) is 23.1 Å². The molecule has 1 aromatic rings. The van der Waals surface area contributed by atoms with E-state index in [1.165, 1.54) is 6.07 Å². The van der Waals surface area contributed by atoms with Gasteiger partial charge in [-0.3, -0.25) is 0 Å². The lowest BCUT2D eigenvalue weighted by atomic mass is 10.1. The highest BCUT2D eigenvalue weighted by atomic mass is 32.2. The first-order valence-electron chi connectivity index (χ1n) is 4.86. The molecule has 84 valence electrons. The van der Waals surface area contributed by atoms with E-state index in [1.807, 2.05) is 6.92 Å². The van der Waals surface area contributed by atoms with Crippen molar-refractivity contribution in [3.8, 4) is 0 Å². The minimum Gasteiger partial charge on any atom is -0.399 e. The SMILES string of the molecule is CCCCc1ccc(N)cc1S(N)(=O)=O. The Morgan fingerprint density at radius 1 is 1.33 bits per heavy atom. The third-order valence-electron chi connectivity index (χ3n) is 2.20. The zero-order chi connectivity index (χ0) is 11.5. The number of hydrogen-bond donors (Lipinski definition) is 2. The maximum atomic E-state index is 11.3. The van der Waals surface area contributed by atoms with Gasteiger partial charge in [0.25, 0.3) is 0 Å². The molecule has 0 aliphatic carbocycles. The van der Waals surface area contributed by atoms with Crippen molar-refractivity contribution >= 4 is 15.7 Å². The zero-order valence-corrected chi connectivity index (χ0v) is 9.55. The Morgan fingerprint density at radius 3 is 2.53 bits per heavy atom. The number of sulfonamides is 1. The predicted molar refractivity (Wildman–Crippen MR) is 60.8 cm³/mol. The number of anilines is 1. The molecule has 0 saturated heterocycles. The average molecular weight is 228 g/mol. The maximum Gasteiger partial charge on any atom is 0.238 e. The largest absolute Gasteiger partial charge is 0.399 e. The van der Waals surface area contributed by atoms with Crippen molar-refractivity contribution in [3.05, 3.63) is 23.8 Å². The van der Waals surface area contributed by atoms with Gasteiger partial charge in [0.1, 0.15) is 0 Å². The fraction of sp³-hybridized carbons (Fsp3) is 0.400. The fourth-order valence-electron chi connectivity index (χ4n) is 1.41. The summed E-state index contributed by atoms with van der Waals surface area (Å²) in [4.78, 5) is 0.149. The minimum absolute atomic E-state index is 0.149. The monoisotopic (exact) mass is 228 g/mol. The van der Waals surface area contributed by atoms with E-state index in [-0.39, 0.29) is 4.90 Å². The third kappa shape index (κ3) is 3.21. The maximum absolute atomic E-state index is 11.3. The highest BCUT2D eigenvalue weighted by molar-refractivity contribution is 7.89. The molecule has 0 aliphatic rings. The van der Waals surface area contributed by atoms with Crippen LogP contribution in [0.2, 0.25) is 0 Å². The van der Waals surface area contributed by atoms with Gasteiger partial charge in [-0.25, -0.2) is 13.6 Å². The lowest BCUT2D eigenvalue weighted by Crippen LogP contribution is -2.15. The molecule has 4 nitrogen and oxygen atoms in total. The fourth-order valence-corrected chi connectivity index (χ4v) is 2.25. The first-order valence-corrected chi connectivity index (χ1v) is 6.41. The number of nitrogens with two attached hydrogens (primary N) is 2. The van der Waals surface area contributed by atoms with Gasteiger partial charge >= 0.3 is 0 Å². The van der Waals surface area contributed by atoms with Crippen LogP contribution in [-0.2, 0) is 16.4 Å². The summed E-state index contributed by atoms with van der Waals surface area (Å²) in [7, 11) is -3.67. The van der Waals surface area contributed by atoms with Crippen molar-refractivity contribution in [3.63, 3.8) is 0 Å². The summed E-state index contributed by atoms with van der Waals surface area (Å²) < 4.78 is 22.6. The molecule has 0 aliphatic heterocycles. The quantitative estimate of drug-likeness (QED) is 0.760. The van der Waals surface area contributed by atoms with E-state index in [1.54, 1.807) is 12.1 Å². The van der Waals surface area contributed by atoms with Crippen LogP contribution in [0, 0.1) is 0 Å². The first-order chi connectivity index (χ1) is 6.95. The predicted octanol–water partition coefficient (Wildman–Crippen LogP) is 1.26. The molecule has 1 rings (SSSR count). The van der Waals surface area contributed by atoms with Gasteiger partial charge in [0.15, 0.2) is 0 Å². The molecule has 0 radical (unpaired) electrons. The number of aryl methyl sites for hydroxylation is 1. The summed E-state index contributed by atoms with van der Waals surface area (Å²) in [5.74, 6) is 0. The van der Waals surface area contributed by atoms with Crippen molar-refractivity contribution in [2.75, 3.05) is 5.73 Å². The van der Waals surface area contributed by atoms with E-state index in [4.69, 9.17) is 10.9 Å². The Kier molecular flexibility index (Phi) is 3.71. The van der Waals surface area contributed by atoms with E-state index in [0.717, 1.165) is 18.4 Å². The lowest BCUT2D eigenvalue weighted by molar-refractivity contribution is 0.596. The normalized spacial score (nSPS) is 11.6. The molecular weight excluding hydrogens is 212 g/mol. The van der Waals surface area contributed by atoms with Gasteiger partial charge < -0.3 is 5.73 Å². The number of unbranched alkanes of at least 4 members (excludes halogenated alkanes) is 1. The van der Waals surface area contributed by atoms with Gasteiger partial charge in [0.2, 0.25) is 10.0 Å². The van der Waals surface area contributed by atoms with E-state index < -0.39 is 10.0 Å². The molecule has 0 unspecified atom stereocenters. The van der Waals surface area contributed by atoms with E-state index in [2.05, 4.69) is 0 Å². The van der Waals surface area contributed by atoms with Crippen LogP contribution in [-0.4, -0.2) is 8.42 Å². The van der Waals surface area contributed by atoms with Crippen molar-refractivity contribution in [2.45, 2.75) is 31.1 Å². The summed E-state index contributed by atoms with van der Waals surface area (Å²) in [6, 6.07) is 4.84. The van der Waals surface area contributed by atoms with Gasteiger partial charge in [-0.15, -0.1) is 0 Å². The Balaban J connectivity index is 3.15. The molecule has 0 spiro atoms. The molecule has 4 N–H and O–H groups in total. The summed E-state index contributed by atoms with van der Waals surface area (Å²) in [5.41, 5.74) is 6.69. The van der Waals surface area contributed by atoms with Crippen molar-refractivity contribution in [1.82, 2.24) is 0 Å². The zero-order valence-electron chi connectivity index (χ0n) is 8.73. The van der Waals surface area contributed by atoms with Crippen LogP contribution in [0.25, 0.3) is 0 Å². The summed E-state index contributed by atoms with van der Waals surface area (Å²) in [6.07, 6.45) is 2.66. The Hall–Kier alpha value is -1.07. The molecule has 0 bridgehead atoms. The highest BCUT2D eigenvalue weighted by Gasteiger charge is 2.13. The van der Waals surface area contributed by atoms with Gasteiger partial charge in [-0.1, -0.05) is 19.4 Å². The molecule has 1 aromatic carbocycles. The molecule has 15 heavy (non-hydrogen) atoms. The molecule has 0 atom stereocenters. The number of primary sulfonamides is 1. The highest BCUT2D eigenvalue weighted by Crippen LogP contribution is 2.19. The third-order valence-corrected chi connectivity index (χ3v) is 3.19. The van der Waals surface area contributed by atoms with E-state index >= 15 is 0 Å². The van der Waals surface area contributed by atoms with Crippen LogP contribution in [0.5, 0.6) is 0 Å². The second-order valence-electron chi connectivity index (χ2n) is 3.52. The Labute approximate surface area is 90.3 Å². The van der Waals surface area contributed by atoms with E-state index in [9.17, 15) is 8.42 Å². The second kappa shape index (κ2) is 4.63. The first kappa shape index (κ1) is 12.0. The van der Waals surface area contributed by atoms with Crippen molar-refractivity contribution < 1.29 is 8.42 Å². The number of hydrogen-bond acceptors (Lipinski definition) is 3. The smallest absolute Gasteiger partial charge is 0.238 e. The van der Waals surface area contributed by atoms with Gasteiger partial charge in [0.05, 0.1) is 4.90 Å². The van der Waals surface area contributed by atoms with Gasteiger partial charge in [-0.05, 0) is 30.5 Å². The molecule has 0 saturated carbocycles. The Bertz CT molecular complexity index is 441. The molecule has 0 heterocycles. The summed E-state index contributed by atoms with van der Waals surface area (Å²) in [5, 5.41) is 5.11. The van der Waals surface area contributed by atoms with Crippen molar-refractivity contribution in [2.24, 2.45) is 5.14 Å². The number of benzene rings is 1. The van der Waals surface area contributed by atoms with E-state index in [0.29, 0.717) is 12.1 Å². The van der Waals surface area contributed by atoms with Gasteiger partial charge in [0, 0.05) is 5.69 Å². The lowest BCUT2D eigenvalue weighted by Gasteiger charge is -2.07. The molecule has 0 aromatic heterocycles. The van der Waals surface area contributed by atoms with Crippen LogP contribution in [0.1, 0.15) is 25.3 Å². The van der Waals surface area contributed by atoms with Crippen LogP contribution in [0.3, 0.4) is 0 Å². The summed E-state index contributed by atoms with van der Waals surface area (Å²) >= 11 is 0. The van der Waals surface area contributed by atoms with Crippen LogP contribution in [0.4, 0.5) is 5.69 Å². The second-order valence-corrected chi connectivity index (χ2v) is 5.05. The van der Waals surface area contributed by atoms with Crippen molar-refractivity contribution in [1.29, 1.82) is 0 Å². The topological polar surface area (TPSA) is 86.2 Å². The standard InChI is InChI=1S/C10H16N2O2S/c1-2-3-4-8-5-6-9(11)7-10(8)15(12,13)14/h5-7H,2-4,11H2,1H3,(H2,12,13,14). The molecule has 0 amide bonds. The van der Waals surface area contributed by atoms with Crippen LogP contribution < -0.4 is 10.9 Å². The van der Waals surface area contributed by atoms with Crippen LogP contribution >= 0.6 is 0 Å². The molecule has 0 fully saturated rings. The summed E-state index contributed by atoms with van der Waals surface area (Å²) in [6.45, 7) is 2.05. The number of rotatable bonds is 4. The molecule has 5 heteroatoms. The van der Waals surface area contributed by atoms with Gasteiger partial charge in [-0.2, -0.15) is 0 Å². The minimum atomic E-state index is -3.67. The Morgan fingerprint density at radius 2 is 2.00 bits per heavy atom. The average Bonchev–Trinajstić information content (AvgIpc) is 2.14. The number of nitrogen functional groups attached to an aromatic ring is 1. The molecular formula is C10H16N2O2S.